The first-order valence-corrected chi connectivity index (χ1v) is 13.3. The fourth-order valence-corrected chi connectivity index (χ4v) is 5.36. The molecule has 168 valence electrons. The molecule has 3 fully saturated rings. The van der Waals surface area contributed by atoms with Crippen LogP contribution in [0.15, 0.2) is 4.99 Å². The highest BCUT2D eigenvalue weighted by atomic mass is 32.2. The Balaban J connectivity index is 1.39. The quantitative estimate of drug-likeness (QED) is 0.412. The molecule has 0 amide bonds. The second-order valence-corrected chi connectivity index (χ2v) is 10.8. The molecule has 1 aliphatic heterocycles. The smallest absolute Gasteiger partial charge is 0.213 e. The molecule has 1 saturated heterocycles. The third-order valence-corrected chi connectivity index (χ3v) is 7.88. The molecular formula is C21H40N4O3S. The lowest BCUT2D eigenvalue weighted by Gasteiger charge is -2.34. The van der Waals surface area contributed by atoms with E-state index in [4.69, 9.17) is 4.74 Å². The van der Waals surface area contributed by atoms with Crippen LogP contribution in [0, 0.1) is 11.8 Å². The summed E-state index contributed by atoms with van der Waals surface area (Å²) in [5, 5.41) is 3.32. The number of likely N-dealkylation sites (tertiary alicyclic amines) is 1. The Labute approximate surface area is 177 Å². The zero-order chi connectivity index (χ0) is 20.5. The van der Waals surface area contributed by atoms with E-state index in [2.05, 4.69) is 19.9 Å². The molecule has 0 radical (unpaired) electrons. The molecule has 2 saturated carbocycles. The summed E-state index contributed by atoms with van der Waals surface area (Å²) in [6.45, 7) is 6.45. The van der Waals surface area contributed by atoms with Crippen LogP contribution in [0.1, 0.15) is 64.7 Å². The Bertz CT molecular complexity index is 607. The van der Waals surface area contributed by atoms with Crippen LogP contribution in [0.2, 0.25) is 0 Å². The molecule has 3 rings (SSSR count). The van der Waals surface area contributed by atoms with Crippen molar-refractivity contribution in [1.82, 2.24) is 14.9 Å². The van der Waals surface area contributed by atoms with Crippen LogP contribution in [-0.4, -0.2) is 70.5 Å². The Kier molecular flexibility index (Phi) is 9.06. The molecule has 0 aromatic rings. The van der Waals surface area contributed by atoms with Gasteiger partial charge in [0.25, 0.3) is 0 Å². The van der Waals surface area contributed by atoms with Crippen molar-refractivity contribution in [2.75, 3.05) is 45.1 Å². The fraction of sp³-hybridized carbons (Fsp3) is 0.952. The third-order valence-electron chi connectivity index (χ3n) is 6.56. The number of nitrogens with one attached hydrogen (secondary N) is 2. The van der Waals surface area contributed by atoms with E-state index in [-0.39, 0.29) is 5.75 Å². The summed E-state index contributed by atoms with van der Waals surface area (Å²) in [6, 6.07) is 0. The fourth-order valence-electron chi connectivity index (χ4n) is 4.39. The van der Waals surface area contributed by atoms with E-state index in [1.165, 1.54) is 32.1 Å². The summed E-state index contributed by atoms with van der Waals surface area (Å²) in [5.41, 5.74) is 0. The van der Waals surface area contributed by atoms with Gasteiger partial charge < -0.3 is 15.0 Å². The summed E-state index contributed by atoms with van der Waals surface area (Å²) in [5.74, 6) is 2.18. The molecule has 0 aromatic carbocycles. The SMILES string of the molecule is CCNC(=NCCS(=O)(=O)NCC1CCC1)N1CCC(OCC2CCCC2)CC1. The van der Waals surface area contributed by atoms with Crippen molar-refractivity contribution in [2.45, 2.75) is 70.8 Å². The lowest BCUT2D eigenvalue weighted by atomic mass is 9.86. The first-order valence-electron chi connectivity index (χ1n) is 11.7. The summed E-state index contributed by atoms with van der Waals surface area (Å²) < 4.78 is 33.3. The zero-order valence-electron chi connectivity index (χ0n) is 18.1. The second kappa shape index (κ2) is 11.5. The van der Waals surface area contributed by atoms with Crippen LogP contribution in [0.4, 0.5) is 0 Å². The number of piperidine rings is 1. The zero-order valence-corrected chi connectivity index (χ0v) is 18.9. The van der Waals surface area contributed by atoms with Crippen LogP contribution in [0.25, 0.3) is 0 Å². The maximum Gasteiger partial charge on any atom is 0.213 e. The molecule has 0 spiro atoms. The van der Waals surface area contributed by atoms with Gasteiger partial charge in [-0.25, -0.2) is 13.1 Å². The summed E-state index contributed by atoms with van der Waals surface area (Å²) in [6.07, 6.45) is 11.3. The van der Waals surface area contributed by atoms with Gasteiger partial charge in [-0.15, -0.1) is 0 Å². The summed E-state index contributed by atoms with van der Waals surface area (Å²) >= 11 is 0. The molecule has 0 unspecified atom stereocenters. The average molecular weight is 429 g/mol. The van der Waals surface area contributed by atoms with Crippen molar-refractivity contribution in [3.63, 3.8) is 0 Å². The van der Waals surface area contributed by atoms with E-state index in [1.54, 1.807) is 0 Å². The molecule has 0 aromatic heterocycles. The van der Waals surface area contributed by atoms with E-state index in [0.717, 1.165) is 63.8 Å². The van der Waals surface area contributed by atoms with Gasteiger partial charge in [-0.05, 0) is 57.3 Å². The number of hydrogen-bond acceptors (Lipinski definition) is 4. The first-order chi connectivity index (χ1) is 14.1. The standard InChI is InChI=1S/C21H40N4O3S/c1-2-22-21(23-12-15-29(26,27)24-16-18-8-5-9-18)25-13-10-20(11-14-25)28-17-19-6-3-4-7-19/h18-20,24H,2-17H2,1H3,(H,22,23). The number of nitrogens with zero attached hydrogens (tertiary/aromatic N) is 2. The number of sulfonamides is 1. The van der Waals surface area contributed by atoms with E-state index >= 15 is 0 Å². The van der Waals surface area contributed by atoms with Crippen LogP contribution in [0.3, 0.4) is 0 Å². The molecule has 1 heterocycles. The number of aliphatic imine (C=N–C) groups is 1. The predicted molar refractivity (Wildman–Crippen MR) is 118 cm³/mol. The Morgan fingerprint density at radius 2 is 1.72 bits per heavy atom. The minimum Gasteiger partial charge on any atom is -0.378 e. The highest BCUT2D eigenvalue weighted by Gasteiger charge is 2.24. The second-order valence-electron chi connectivity index (χ2n) is 8.87. The lowest BCUT2D eigenvalue weighted by molar-refractivity contribution is 0.00102. The highest BCUT2D eigenvalue weighted by molar-refractivity contribution is 7.89. The first kappa shape index (κ1) is 22.8. The molecular weight excluding hydrogens is 388 g/mol. The minimum atomic E-state index is -3.24. The number of rotatable bonds is 10. The van der Waals surface area contributed by atoms with Crippen molar-refractivity contribution < 1.29 is 13.2 Å². The van der Waals surface area contributed by atoms with Gasteiger partial charge in [0.1, 0.15) is 0 Å². The number of hydrogen-bond donors (Lipinski definition) is 2. The van der Waals surface area contributed by atoms with Gasteiger partial charge in [-0.2, -0.15) is 0 Å². The number of ether oxygens (including phenoxy) is 1. The molecule has 2 N–H and O–H groups in total. The van der Waals surface area contributed by atoms with Crippen molar-refractivity contribution in [3.05, 3.63) is 0 Å². The lowest BCUT2D eigenvalue weighted by Crippen LogP contribution is -2.47. The Hall–Kier alpha value is -0.860. The maximum atomic E-state index is 12.2. The average Bonchev–Trinajstić information content (AvgIpc) is 3.18. The van der Waals surface area contributed by atoms with Gasteiger partial charge in [-0.3, -0.25) is 4.99 Å². The molecule has 3 aliphatic rings. The van der Waals surface area contributed by atoms with Crippen LogP contribution in [0.5, 0.6) is 0 Å². The molecule has 29 heavy (non-hydrogen) atoms. The largest absolute Gasteiger partial charge is 0.378 e. The molecule has 2 aliphatic carbocycles. The van der Waals surface area contributed by atoms with Gasteiger partial charge in [-0.1, -0.05) is 19.3 Å². The predicted octanol–water partition coefficient (Wildman–Crippen LogP) is 2.34. The topological polar surface area (TPSA) is 83.0 Å². The molecule has 0 atom stereocenters. The number of guanidine groups is 1. The van der Waals surface area contributed by atoms with Crippen LogP contribution < -0.4 is 10.0 Å². The maximum absolute atomic E-state index is 12.2. The summed E-state index contributed by atoms with van der Waals surface area (Å²) in [4.78, 5) is 6.83. The highest BCUT2D eigenvalue weighted by Crippen LogP contribution is 2.26. The van der Waals surface area contributed by atoms with Crippen molar-refractivity contribution in [1.29, 1.82) is 0 Å². The molecule has 8 heteroatoms. The van der Waals surface area contributed by atoms with E-state index in [9.17, 15) is 8.42 Å². The monoisotopic (exact) mass is 428 g/mol. The Morgan fingerprint density at radius 3 is 2.34 bits per heavy atom. The van der Waals surface area contributed by atoms with Crippen molar-refractivity contribution in [3.8, 4) is 0 Å². The van der Waals surface area contributed by atoms with E-state index in [1.807, 2.05) is 6.92 Å². The van der Waals surface area contributed by atoms with Crippen molar-refractivity contribution >= 4 is 16.0 Å². The summed E-state index contributed by atoms with van der Waals surface area (Å²) in [7, 11) is -3.24. The van der Waals surface area contributed by atoms with Gasteiger partial charge >= 0.3 is 0 Å². The van der Waals surface area contributed by atoms with E-state index in [0.29, 0.717) is 25.1 Å². The molecule has 0 bridgehead atoms. The van der Waals surface area contributed by atoms with E-state index < -0.39 is 10.0 Å². The van der Waals surface area contributed by atoms with Crippen molar-refractivity contribution in [2.24, 2.45) is 16.8 Å². The minimum absolute atomic E-state index is 0.0512. The van der Waals surface area contributed by atoms with Gasteiger partial charge in [0, 0.05) is 32.8 Å². The normalized spacial score (nSPS) is 22.8. The third kappa shape index (κ3) is 7.72. The van der Waals surface area contributed by atoms with Crippen LogP contribution in [-0.2, 0) is 14.8 Å². The van der Waals surface area contributed by atoms with Gasteiger partial charge in [0.2, 0.25) is 10.0 Å². The molecule has 7 nitrogen and oxygen atoms in total. The van der Waals surface area contributed by atoms with Gasteiger partial charge in [0.05, 0.1) is 18.4 Å². The Morgan fingerprint density at radius 1 is 1.03 bits per heavy atom. The van der Waals surface area contributed by atoms with Crippen LogP contribution >= 0.6 is 0 Å². The van der Waals surface area contributed by atoms with Gasteiger partial charge in [0.15, 0.2) is 5.96 Å².